The lowest BCUT2D eigenvalue weighted by atomic mass is 9.98. The molecular formula is C18H20N3O2S. The van der Waals surface area contributed by atoms with Crippen LogP contribution in [0.2, 0.25) is 0 Å². The van der Waals surface area contributed by atoms with E-state index in [2.05, 4.69) is 10.3 Å². The van der Waals surface area contributed by atoms with E-state index in [0.717, 1.165) is 36.4 Å². The Hall–Kier alpha value is -2.05. The Labute approximate surface area is 145 Å². The van der Waals surface area contributed by atoms with Crippen molar-refractivity contribution in [2.45, 2.75) is 32.2 Å². The lowest BCUT2D eigenvalue weighted by Gasteiger charge is -2.22. The van der Waals surface area contributed by atoms with E-state index in [9.17, 15) is 9.59 Å². The van der Waals surface area contributed by atoms with Gasteiger partial charge in [0.05, 0.1) is 22.0 Å². The van der Waals surface area contributed by atoms with Crippen LogP contribution in [0.25, 0.3) is 11.3 Å². The number of nitrogens with two attached hydrogens (primary N) is 1. The van der Waals surface area contributed by atoms with Crippen LogP contribution < -0.4 is 11.1 Å². The molecule has 6 heteroatoms. The highest BCUT2D eigenvalue weighted by Crippen LogP contribution is 2.30. The van der Waals surface area contributed by atoms with Gasteiger partial charge in [-0.15, -0.1) is 11.3 Å². The molecule has 1 aromatic carbocycles. The molecule has 24 heavy (non-hydrogen) atoms. The molecule has 125 valence electrons. The van der Waals surface area contributed by atoms with Crippen molar-refractivity contribution in [3.63, 3.8) is 0 Å². The zero-order valence-corrected chi connectivity index (χ0v) is 14.4. The summed E-state index contributed by atoms with van der Waals surface area (Å²) in [5.74, 6) is -0.460. The highest BCUT2D eigenvalue weighted by Gasteiger charge is 2.23. The maximum absolute atomic E-state index is 12.7. The van der Waals surface area contributed by atoms with Crippen molar-refractivity contribution < 1.29 is 9.59 Å². The Morgan fingerprint density at radius 3 is 2.67 bits per heavy atom. The van der Waals surface area contributed by atoms with E-state index in [1.165, 1.54) is 11.3 Å². The number of piperidine rings is 1. The molecule has 3 N–H and O–H groups in total. The third-order valence-corrected chi connectivity index (χ3v) is 5.09. The molecule has 0 bridgehead atoms. The van der Waals surface area contributed by atoms with Crippen molar-refractivity contribution in [3.05, 3.63) is 46.1 Å². The summed E-state index contributed by atoms with van der Waals surface area (Å²) in [5, 5.41) is 4.21. The zero-order valence-electron chi connectivity index (χ0n) is 13.5. The molecular weight excluding hydrogens is 322 g/mol. The fourth-order valence-electron chi connectivity index (χ4n) is 2.86. The van der Waals surface area contributed by atoms with Crippen molar-refractivity contribution in [3.8, 4) is 11.3 Å². The summed E-state index contributed by atoms with van der Waals surface area (Å²) in [5.41, 5.74) is 7.20. The molecule has 5 nitrogen and oxygen atoms in total. The summed E-state index contributed by atoms with van der Waals surface area (Å²) >= 11 is 1.41. The van der Waals surface area contributed by atoms with Crippen LogP contribution in [0.3, 0.4) is 0 Å². The predicted octanol–water partition coefficient (Wildman–Crippen LogP) is 2.75. The van der Waals surface area contributed by atoms with Crippen molar-refractivity contribution >= 4 is 23.0 Å². The van der Waals surface area contributed by atoms with E-state index in [1.54, 1.807) is 30.7 Å². The topological polar surface area (TPSA) is 85.1 Å². The summed E-state index contributed by atoms with van der Waals surface area (Å²) in [6.45, 7) is 2.85. The van der Waals surface area contributed by atoms with Gasteiger partial charge in [-0.2, -0.15) is 0 Å². The first-order valence-corrected chi connectivity index (χ1v) is 8.86. The number of rotatable bonds is 5. The van der Waals surface area contributed by atoms with Crippen molar-refractivity contribution in [2.75, 3.05) is 6.54 Å². The highest BCUT2D eigenvalue weighted by molar-refractivity contribution is 7.14. The third-order valence-electron chi connectivity index (χ3n) is 4.10. The Kier molecular flexibility index (Phi) is 5.06. The quantitative estimate of drug-likeness (QED) is 0.818. The monoisotopic (exact) mass is 342 g/mol. The van der Waals surface area contributed by atoms with Gasteiger partial charge in [0.1, 0.15) is 0 Å². The fourth-order valence-corrected chi connectivity index (χ4v) is 3.72. The zero-order chi connectivity index (χ0) is 17.1. The number of thiazole rings is 1. The minimum Gasteiger partial charge on any atom is -0.366 e. The number of nitrogens with one attached hydrogen (secondary N) is 1. The number of hydrogen-bond acceptors (Lipinski definition) is 5. The molecule has 1 saturated heterocycles. The molecule has 0 spiro atoms. The molecule has 0 aliphatic carbocycles. The Morgan fingerprint density at radius 2 is 2.04 bits per heavy atom. The number of benzene rings is 1. The average molecular weight is 342 g/mol. The number of hydrogen-bond donors (Lipinski definition) is 2. The van der Waals surface area contributed by atoms with Gasteiger partial charge in [0.25, 0.3) is 0 Å². The first-order chi connectivity index (χ1) is 11.5. The Morgan fingerprint density at radius 1 is 1.29 bits per heavy atom. The minimum atomic E-state index is -0.469. The molecule has 1 atom stereocenters. The lowest BCUT2D eigenvalue weighted by Crippen LogP contribution is -2.36. The smallest absolute Gasteiger partial charge is 0.248 e. The summed E-state index contributed by atoms with van der Waals surface area (Å²) in [6, 6.07) is 7.02. The summed E-state index contributed by atoms with van der Waals surface area (Å²) < 4.78 is 0. The minimum absolute atomic E-state index is 0.00831. The van der Waals surface area contributed by atoms with E-state index >= 15 is 0 Å². The molecule has 2 heterocycles. The van der Waals surface area contributed by atoms with Gasteiger partial charge in [0.2, 0.25) is 5.91 Å². The standard InChI is InChI=1S/C18H20N3O2S/c1-11-21-16(12-5-7-13(8-6-12)18(19)23)17(24-11)15(22)10-14-4-2-3-9-20-14/h5-8,10,14,20H,2-4,9H2,1H3,(H2,19,23). The Bertz CT molecular complexity index is 746. The van der Waals surface area contributed by atoms with Crippen LogP contribution >= 0.6 is 11.3 Å². The van der Waals surface area contributed by atoms with Crippen LogP contribution in [0.1, 0.15) is 44.3 Å². The highest BCUT2D eigenvalue weighted by atomic mass is 32.1. The number of aromatic nitrogens is 1. The van der Waals surface area contributed by atoms with Crippen molar-refractivity contribution in [1.29, 1.82) is 0 Å². The first-order valence-electron chi connectivity index (χ1n) is 8.05. The second-order valence-electron chi connectivity index (χ2n) is 5.94. The second-order valence-corrected chi connectivity index (χ2v) is 7.14. The molecule has 1 radical (unpaired) electrons. The molecule has 1 aromatic heterocycles. The fraction of sp³-hybridized carbons (Fsp3) is 0.333. The van der Waals surface area contributed by atoms with Crippen LogP contribution in [0.4, 0.5) is 0 Å². The van der Waals surface area contributed by atoms with Gasteiger partial charge in [-0.25, -0.2) is 4.98 Å². The first kappa shape index (κ1) is 16.8. The number of carbonyl (C=O) groups is 2. The molecule has 2 aromatic rings. The number of aryl methyl sites for hydroxylation is 1. The number of primary amides is 1. The van der Waals surface area contributed by atoms with E-state index in [1.807, 2.05) is 6.92 Å². The van der Waals surface area contributed by atoms with Crippen LogP contribution in [0.15, 0.2) is 24.3 Å². The largest absolute Gasteiger partial charge is 0.366 e. The van der Waals surface area contributed by atoms with E-state index in [4.69, 9.17) is 5.73 Å². The number of Topliss-reactive ketones (excluding diaryl/α,β-unsaturated/α-hetero) is 1. The number of amides is 1. The molecule has 3 rings (SSSR count). The van der Waals surface area contributed by atoms with E-state index in [0.29, 0.717) is 16.1 Å². The van der Waals surface area contributed by atoms with Crippen LogP contribution in [-0.4, -0.2) is 29.3 Å². The van der Waals surface area contributed by atoms with Gasteiger partial charge >= 0.3 is 0 Å². The summed E-state index contributed by atoms with van der Waals surface area (Å²) in [6.07, 6.45) is 5.07. The third kappa shape index (κ3) is 3.71. The SMILES string of the molecule is Cc1nc(-c2ccc(C(N)=O)cc2)c(C(=O)[CH]C2CCCCN2)s1. The van der Waals surface area contributed by atoms with Gasteiger partial charge in [-0.1, -0.05) is 18.6 Å². The summed E-state index contributed by atoms with van der Waals surface area (Å²) in [7, 11) is 0. The number of ketones is 1. The molecule has 1 unspecified atom stereocenters. The average Bonchev–Trinajstić information content (AvgIpc) is 2.98. The Balaban J connectivity index is 1.84. The molecule has 0 saturated carbocycles. The normalized spacial score (nSPS) is 17.6. The number of carbonyl (C=O) groups excluding carboxylic acids is 2. The molecule has 1 aliphatic heterocycles. The van der Waals surface area contributed by atoms with Crippen molar-refractivity contribution in [1.82, 2.24) is 10.3 Å². The lowest BCUT2D eigenvalue weighted by molar-refractivity contribution is 0.0997. The van der Waals surface area contributed by atoms with E-state index < -0.39 is 5.91 Å². The van der Waals surface area contributed by atoms with Gasteiger partial charge < -0.3 is 11.1 Å². The van der Waals surface area contributed by atoms with Crippen molar-refractivity contribution in [2.24, 2.45) is 5.73 Å². The van der Waals surface area contributed by atoms with Gasteiger partial charge in [-0.3, -0.25) is 9.59 Å². The molecule has 1 aliphatic rings. The maximum atomic E-state index is 12.7. The molecule has 1 fully saturated rings. The van der Waals surface area contributed by atoms with Crippen LogP contribution in [-0.2, 0) is 0 Å². The predicted molar refractivity (Wildman–Crippen MR) is 95.1 cm³/mol. The molecule has 1 amide bonds. The second kappa shape index (κ2) is 7.23. The van der Waals surface area contributed by atoms with Gasteiger partial charge in [-0.05, 0) is 38.4 Å². The maximum Gasteiger partial charge on any atom is 0.248 e. The number of nitrogens with zero attached hydrogens (tertiary/aromatic N) is 1. The van der Waals surface area contributed by atoms with Crippen LogP contribution in [0, 0.1) is 13.3 Å². The van der Waals surface area contributed by atoms with Gasteiger partial charge in [0.15, 0.2) is 5.78 Å². The van der Waals surface area contributed by atoms with Gasteiger partial charge in [0, 0.05) is 17.2 Å². The van der Waals surface area contributed by atoms with Crippen LogP contribution in [0.5, 0.6) is 0 Å². The summed E-state index contributed by atoms with van der Waals surface area (Å²) in [4.78, 5) is 29.0. The van der Waals surface area contributed by atoms with E-state index in [-0.39, 0.29) is 11.8 Å².